The molecule has 2 aliphatic rings. The van der Waals surface area contributed by atoms with Crippen molar-refractivity contribution < 1.29 is 19.2 Å². The molecule has 3 amide bonds. The van der Waals surface area contributed by atoms with E-state index in [0.29, 0.717) is 52.4 Å². The van der Waals surface area contributed by atoms with Gasteiger partial charge in [0.1, 0.15) is 0 Å². The van der Waals surface area contributed by atoms with Gasteiger partial charge in [-0.1, -0.05) is 77.1 Å². The molecule has 1 fully saturated rings. The number of ketones is 1. The molecule has 1 aromatic rings. The molecule has 0 radical (unpaired) electrons. The minimum absolute atomic E-state index is 0.153. The zero-order valence-electron chi connectivity index (χ0n) is 19.5. The fourth-order valence-corrected chi connectivity index (χ4v) is 5.63. The quantitative estimate of drug-likeness (QED) is 0.159. The minimum Gasteiger partial charge on any atom is -0.340 e. The Kier molecular flexibility index (Phi) is 11.3. The summed E-state index contributed by atoms with van der Waals surface area (Å²) in [6, 6.07) is 3.05. The van der Waals surface area contributed by atoms with E-state index in [1.165, 1.54) is 12.1 Å². The molecule has 13 heteroatoms. The van der Waals surface area contributed by atoms with Gasteiger partial charge < -0.3 is 5.32 Å². The lowest BCUT2D eigenvalue weighted by Gasteiger charge is -2.27. The van der Waals surface area contributed by atoms with Crippen LogP contribution in [0.1, 0.15) is 49.0 Å². The number of hydrogen-bond donors (Lipinski definition) is 1. The third-order valence-electron chi connectivity index (χ3n) is 6.04. The third-order valence-corrected chi connectivity index (χ3v) is 8.44. The summed E-state index contributed by atoms with van der Waals surface area (Å²) in [5.74, 6) is -1.86. The lowest BCUT2D eigenvalue weighted by molar-refractivity contribution is -0.133. The maximum Gasteiger partial charge on any atom is 0.256 e. The van der Waals surface area contributed by atoms with Gasteiger partial charge in [-0.05, 0) is 50.8 Å². The Bertz CT molecular complexity index is 1030. The van der Waals surface area contributed by atoms with E-state index in [0.717, 1.165) is 4.31 Å². The molecular formula is C23H24Cl6N2O4S. The van der Waals surface area contributed by atoms with E-state index in [1.54, 1.807) is 20.8 Å². The van der Waals surface area contributed by atoms with Gasteiger partial charge in [0.05, 0.1) is 23.3 Å². The first-order valence-corrected chi connectivity index (χ1v) is 14.0. The van der Waals surface area contributed by atoms with Crippen LogP contribution < -0.4 is 5.32 Å². The molecule has 3 atom stereocenters. The predicted molar refractivity (Wildman–Crippen MR) is 148 cm³/mol. The number of nitrogens with zero attached hydrogens (tertiary/aromatic N) is 1. The highest BCUT2D eigenvalue weighted by atomic mass is 35.6. The molecule has 0 saturated carbocycles. The first kappa shape index (κ1) is 31.5. The molecular weight excluding hydrogens is 613 g/mol. The third kappa shape index (κ3) is 7.68. The van der Waals surface area contributed by atoms with Crippen molar-refractivity contribution in [2.45, 2.75) is 48.7 Å². The van der Waals surface area contributed by atoms with Crippen molar-refractivity contribution in [1.29, 1.82) is 0 Å². The van der Waals surface area contributed by atoms with Crippen LogP contribution in [0.5, 0.6) is 0 Å². The summed E-state index contributed by atoms with van der Waals surface area (Å²) in [6.07, 6.45) is 5.45. The van der Waals surface area contributed by atoms with Crippen molar-refractivity contribution >= 4 is 105 Å². The molecule has 1 N–H and O–H groups in total. The Morgan fingerprint density at radius 3 is 1.92 bits per heavy atom. The highest BCUT2D eigenvalue weighted by Crippen LogP contribution is 2.46. The van der Waals surface area contributed by atoms with Gasteiger partial charge >= 0.3 is 0 Å². The summed E-state index contributed by atoms with van der Waals surface area (Å²) in [6.45, 7) is 5.21. The minimum atomic E-state index is -1.69. The number of nitrogens with one attached hydrogen (secondary N) is 1. The van der Waals surface area contributed by atoms with Gasteiger partial charge in [-0.3, -0.25) is 19.2 Å². The molecule has 0 aromatic heterocycles. The predicted octanol–water partition coefficient (Wildman–Crippen LogP) is 6.92. The van der Waals surface area contributed by atoms with Crippen LogP contribution in [0.15, 0.2) is 24.3 Å². The number of carbonyl (C=O) groups is 4. The van der Waals surface area contributed by atoms with Crippen LogP contribution in [0.25, 0.3) is 0 Å². The Balaban J connectivity index is 0.000000259. The number of allylic oxidation sites excluding steroid dienone is 2. The summed E-state index contributed by atoms with van der Waals surface area (Å²) < 4.78 is -0.693. The largest absolute Gasteiger partial charge is 0.340 e. The highest BCUT2D eigenvalue weighted by molar-refractivity contribution is 8.03. The molecule has 1 aliphatic heterocycles. The van der Waals surface area contributed by atoms with Crippen molar-refractivity contribution in [1.82, 2.24) is 9.62 Å². The van der Waals surface area contributed by atoms with Crippen LogP contribution in [0, 0.1) is 18.8 Å². The maximum atomic E-state index is 12.2. The lowest BCUT2D eigenvalue weighted by Crippen LogP contribution is -2.52. The van der Waals surface area contributed by atoms with E-state index in [1.807, 2.05) is 12.2 Å². The number of fused-ring (bicyclic) bond motifs is 1. The second-order valence-electron chi connectivity index (χ2n) is 8.43. The average molecular weight is 637 g/mol. The standard InChI is InChI=1S/C14H16Cl3NO2.C9H8Cl3NO2S/c1-4-14(3,12(19)7-15)18-13(20)9-5-10(16)8(2)11(17)6-9;10-9(11,12)16-13-7(14)5-3-1-2-4-6(5)8(13)15/h5-6H,4,7H2,1-3H3,(H,18,20);1-2,5-6H,3-4H2. The highest BCUT2D eigenvalue weighted by Gasteiger charge is 2.49. The fraction of sp³-hybridized carbons (Fsp3) is 0.478. The van der Waals surface area contributed by atoms with E-state index in [4.69, 9.17) is 69.6 Å². The molecule has 36 heavy (non-hydrogen) atoms. The van der Waals surface area contributed by atoms with E-state index in [-0.39, 0.29) is 35.3 Å². The van der Waals surface area contributed by atoms with Crippen LogP contribution in [0.2, 0.25) is 10.0 Å². The Labute approximate surface area is 244 Å². The van der Waals surface area contributed by atoms with Crippen molar-refractivity contribution in [3.63, 3.8) is 0 Å². The number of Topliss-reactive ketones (excluding diaryl/α,β-unsaturated/α-hetero) is 1. The van der Waals surface area contributed by atoms with Crippen molar-refractivity contribution in [2.24, 2.45) is 11.8 Å². The van der Waals surface area contributed by atoms with E-state index in [9.17, 15) is 19.2 Å². The Morgan fingerprint density at radius 1 is 1.06 bits per heavy atom. The SMILES string of the molecule is CCC(C)(NC(=O)c1cc(Cl)c(C)c(Cl)c1)C(=O)CCl.O=C1C2CC=CCC2C(=O)N1SC(Cl)(Cl)Cl. The second kappa shape index (κ2) is 12.9. The molecule has 0 bridgehead atoms. The number of halogens is 6. The van der Waals surface area contributed by atoms with Gasteiger partial charge in [0.2, 0.25) is 11.8 Å². The number of amides is 3. The monoisotopic (exact) mass is 634 g/mol. The lowest BCUT2D eigenvalue weighted by atomic mass is 9.85. The smallest absolute Gasteiger partial charge is 0.256 e. The molecule has 0 spiro atoms. The summed E-state index contributed by atoms with van der Waals surface area (Å²) in [5, 5.41) is 3.51. The number of imide groups is 1. The molecule has 198 valence electrons. The van der Waals surface area contributed by atoms with Crippen LogP contribution in [-0.2, 0) is 14.4 Å². The molecule has 1 aliphatic carbocycles. The Hall–Kier alpha value is -0.670. The van der Waals surface area contributed by atoms with Gasteiger partial charge in [0, 0.05) is 27.6 Å². The van der Waals surface area contributed by atoms with Crippen LogP contribution in [-0.4, -0.2) is 42.4 Å². The zero-order chi connectivity index (χ0) is 27.4. The molecule has 1 aromatic carbocycles. The van der Waals surface area contributed by atoms with Crippen molar-refractivity contribution in [3.8, 4) is 0 Å². The van der Waals surface area contributed by atoms with Gasteiger partial charge in [-0.2, -0.15) is 0 Å². The number of rotatable bonds is 6. The molecule has 1 saturated heterocycles. The first-order valence-electron chi connectivity index (χ1n) is 10.8. The zero-order valence-corrected chi connectivity index (χ0v) is 24.9. The van der Waals surface area contributed by atoms with E-state index >= 15 is 0 Å². The van der Waals surface area contributed by atoms with E-state index in [2.05, 4.69) is 5.32 Å². The summed E-state index contributed by atoms with van der Waals surface area (Å²) in [5.41, 5.74) is 0.0236. The van der Waals surface area contributed by atoms with E-state index < -0.39 is 14.6 Å². The summed E-state index contributed by atoms with van der Waals surface area (Å²) in [4.78, 5) is 47.9. The van der Waals surface area contributed by atoms with Gasteiger partial charge in [0.25, 0.3) is 9.03 Å². The average Bonchev–Trinajstić information content (AvgIpc) is 3.05. The fourth-order valence-electron chi connectivity index (χ4n) is 3.57. The van der Waals surface area contributed by atoms with Gasteiger partial charge in [-0.15, -0.1) is 11.6 Å². The normalized spacial score (nSPS) is 20.9. The summed E-state index contributed by atoms with van der Waals surface area (Å²) in [7, 11) is 0. The van der Waals surface area contributed by atoms with Gasteiger partial charge in [-0.25, -0.2) is 4.31 Å². The Morgan fingerprint density at radius 2 is 1.53 bits per heavy atom. The van der Waals surface area contributed by atoms with Crippen LogP contribution >= 0.6 is 81.6 Å². The number of carbonyl (C=O) groups excluding carboxylic acids is 4. The van der Waals surface area contributed by atoms with Crippen LogP contribution in [0.4, 0.5) is 0 Å². The second-order valence-corrected chi connectivity index (χ2v) is 13.6. The molecule has 6 nitrogen and oxygen atoms in total. The topological polar surface area (TPSA) is 83.5 Å². The summed E-state index contributed by atoms with van der Waals surface area (Å²) >= 11 is 35.0. The maximum absolute atomic E-state index is 12.2. The van der Waals surface area contributed by atoms with Crippen molar-refractivity contribution in [2.75, 3.05) is 5.88 Å². The van der Waals surface area contributed by atoms with Gasteiger partial charge in [0.15, 0.2) is 5.78 Å². The van der Waals surface area contributed by atoms with Crippen molar-refractivity contribution in [3.05, 3.63) is 45.5 Å². The molecule has 3 rings (SSSR count). The number of benzene rings is 1. The molecule has 3 unspecified atom stereocenters. The molecule has 1 heterocycles. The first-order chi connectivity index (χ1) is 16.6. The van der Waals surface area contributed by atoms with Crippen LogP contribution in [0.3, 0.4) is 0 Å². The number of hydrogen-bond acceptors (Lipinski definition) is 5. The number of alkyl halides is 4.